The number of hydrogen-bond donors (Lipinski definition) is 1. The Balaban J connectivity index is 1.86. The van der Waals surface area contributed by atoms with E-state index in [-0.39, 0.29) is 0 Å². The van der Waals surface area contributed by atoms with Crippen molar-refractivity contribution >= 4 is 38.4 Å². The van der Waals surface area contributed by atoms with Gasteiger partial charge in [-0.15, -0.1) is 0 Å². The molecule has 0 fully saturated rings. The summed E-state index contributed by atoms with van der Waals surface area (Å²) in [7, 11) is 0. The highest BCUT2D eigenvalue weighted by Gasteiger charge is 2.11. The Morgan fingerprint density at radius 1 is 1.35 bits per heavy atom. The molecule has 0 amide bonds. The summed E-state index contributed by atoms with van der Waals surface area (Å²) in [4.78, 5) is 8.65. The van der Waals surface area contributed by atoms with Crippen LogP contribution in [0, 0.1) is 0 Å². The van der Waals surface area contributed by atoms with Crippen LogP contribution in [0.1, 0.15) is 19.7 Å². The Kier molecular flexibility index (Phi) is 3.62. The number of nitrogens with zero attached hydrogens (tertiary/aromatic N) is 3. The van der Waals surface area contributed by atoms with Gasteiger partial charge in [-0.25, -0.2) is 4.98 Å². The highest BCUT2D eigenvalue weighted by Crippen LogP contribution is 2.28. The van der Waals surface area contributed by atoms with Crippen molar-refractivity contribution in [3.8, 4) is 11.5 Å². The van der Waals surface area contributed by atoms with Crippen molar-refractivity contribution in [1.82, 2.24) is 15.1 Å². The van der Waals surface area contributed by atoms with Crippen molar-refractivity contribution in [1.29, 1.82) is 0 Å². The van der Waals surface area contributed by atoms with Crippen LogP contribution >= 0.6 is 23.1 Å². The van der Waals surface area contributed by atoms with Gasteiger partial charge >= 0.3 is 0 Å². The van der Waals surface area contributed by atoms with Gasteiger partial charge < -0.3 is 10.3 Å². The maximum Gasteiger partial charge on any atom is 0.258 e. The predicted octanol–water partition coefficient (Wildman–Crippen LogP) is 3.57. The van der Waals surface area contributed by atoms with Gasteiger partial charge in [-0.3, -0.25) is 0 Å². The number of nitrogens with two attached hydrogens (primary N) is 1. The molecule has 3 rings (SSSR count). The van der Waals surface area contributed by atoms with Crippen LogP contribution in [0.2, 0.25) is 0 Å². The van der Waals surface area contributed by atoms with Crippen LogP contribution in [0.3, 0.4) is 0 Å². The molecule has 0 aliphatic carbocycles. The van der Waals surface area contributed by atoms with E-state index in [0.717, 1.165) is 27.4 Å². The second kappa shape index (κ2) is 5.41. The summed E-state index contributed by atoms with van der Waals surface area (Å²) >= 11 is 3.24. The van der Waals surface area contributed by atoms with E-state index in [4.69, 9.17) is 10.3 Å². The fraction of sp³-hybridized carbons (Fsp3) is 0.308. The van der Waals surface area contributed by atoms with Gasteiger partial charge in [0.15, 0.2) is 11.0 Å². The molecule has 0 spiro atoms. The van der Waals surface area contributed by atoms with Crippen molar-refractivity contribution < 1.29 is 4.52 Å². The molecule has 0 saturated carbocycles. The molecular formula is C13H14N4OS2. The van der Waals surface area contributed by atoms with Crippen molar-refractivity contribution in [2.45, 2.75) is 24.9 Å². The predicted molar refractivity (Wildman–Crippen MR) is 83.8 cm³/mol. The molecule has 2 N–H and O–H groups in total. The quantitative estimate of drug-likeness (QED) is 0.794. The lowest BCUT2D eigenvalue weighted by atomic mass is 10.2. The Morgan fingerprint density at radius 3 is 3.00 bits per heavy atom. The lowest BCUT2D eigenvalue weighted by Crippen LogP contribution is -1.90. The number of benzene rings is 1. The summed E-state index contributed by atoms with van der Waals surface area (Å²) in [6.07, 6.45) is 0. The molecule has 5 nitrogen and oxygen atoms in total. The summed E-state index contributed by atoms with van der Waals surface area (Å²) in [5, 5.41) is 5.12. The first-order valence-electron chi connectivity index (χ1n) is 6.22. The van der Waals surface area contributed by atoms with Crippen LogP contribution in [-0.2, 0) is 5.75 Å². The zero-order valence-electron chi connectivity index (χ0n) is 11.2. The number of hydrogen-bond acceptors (Lipinski definition) is 7. The van der Waals surface area contributed by atoms with E-state index in [9.17, 15) is 0 Å². The summed E-state index contributed by atoms with van der Waals surface area (Å²) in [5.41, 5.74) is 7.50. The van der Waals surface area contributed by atoms with Gasteiger partial charge in [0, 0.05) is 5.56 Å². The van der Waals surface area contributed by atoms with Crippen LogP contribution in [0.15, 0.2) is 22.7 Å². The fourth-order valence-corrected chi connectivity index (χ4v) is 3.12. The highest BCUT2D eigenvalue weighted by molar-refractivity contribution is 7.99. The second-order valence-corrected chi connectivity index (χ2v) is 7.24. The number of anilines is 1. The molecular weight excluding hydrogens is 292 g/mol. The number of aromatic nitrogens is 3. The summed E-state index contributed by atoms with van der Waals surface area (Å²) in [5.74, 6) is 2.03. The van der Waals surface area contributed by atoms with Gasteiger partial charge in [0.2, 0.25) is 0 Å². The zero-order valence-corrected chi connectivity index (χ0v) is 12.8. The van der Waals surface area contributed by atoms with Crippen LogP contribution in [0.25, 0.3) is 21.7 Å². The SMILES string of the molecule is CC(C)SCc1noc(-c2ccc3nc(N)sc3c2)n1. The standard InChI is InChI=1S/C13H14N4OS2/c1-7(2)19-6-11-16-12(18-17-11)8-3-4-9-10(5-8)20-13(14)15-9/h3-5,7H,6H2,1-2H3,(H2,14,15). The lowest BCUT2D eigenvalue weighted by Gasteiger charge is -1.99. The van der Waals surface area contributed by atoms with Crippen molar-refractivity contribution in [3.05, 3.63) is 24.0 Å². The lowest BCUT2D eigenvalue weighted by molar-refractivity contribution is 0.425. The minimum atomic E-state index is 0.540. The average Bonchev–Trinajstić information content (AvgIpc) is 3.00. The van der Waals surface area contributed by atoms with E-state index in [1.807, 2.05) is 18.2 Å². The number of rotatable bonds is 4. The summed E-state index contributed by atoms with van der Waals surface area (Å²) < 4.78 is 6.34. The third-order valence-corrected chi connectivity index (χ3v) is 4.60. The maximum absolute atomic E-state index is 5.70. The van der Waals surface area contributed by atoms with E-state index >= 15 is 0 Å². The largest absolute Gasteiger partial charge is 0.375 e. The first-order chi connectivity index (χ1) is 9.61. The molecule has 0 bridgehead atoms. The van der Waals surface area contributed by atoms with Crippen molar-refractivity contribution in [2.24, 2.45) is 0 Å². The third kappa shape index (κ3) is 2.78. The molecule has 1 aromatic carbocycles. The summed E-state index contributed by atoms with van der Waals surface area (Å²) in [6, 6.07) is 5.83. The Labute approximate surface area is 124 Å². The molecule has 3 aromatic rings. The van der Waals surface area contributed by atoms with Crippen LogP contribution < -0.4 is 5.73 Å². The molecule has 7 heteroatoms. The Hall–Kier alpha value is -1.60. The van der Waals surface area contributed by atoms with Crippen LogP contribution in [0.5, 0.6) is 0 Å². The highest BCUT2D eigenvalue weighted by atomic mass is 32.2. The van der Waals surface area contributed by atoms with E-state index in [0.29, 0.717) is 16.3 Å². The van der Waals surface area contributed by atoms with Gasteiger partial charge in [-0.2, -0.15) is 16.7 Å². The van der Waals surface area contributed by atoms with Crippen molar-refractivity contribution in [3.63, 3.8) is 0 Å². The topological polar surface area (TPSA) is 77.8 Å². The number of thiazole rings is 1. The fourth-order valence-electron chi connectivity index (χ4n) is 1.75. The van der Waals surface area contributed by atoms with Crippen LogP contribution in [-0.4, -0.2) is 20.4 Å². The van der Waals surface area contributed by atoms with Gasteiger partial charge in [0.25, 0.3) is 5.89 Å². The summed E-state index contributed by atoms with van der Waals surface area (Å²) in [6.45, 7) is 4.29. The smallest absolute Gasteiger partial charge is 0.258 e. The number of thioether (sulfide) groups is 1. The minimum Gasteiger partial charge on any atom is -0.375 e. The maximum atomic E-state index is 5.70. The van der Waals surface area contributed by atoms with Gasteiger partial charge in [0.05, 0.1) is 16.0 Å². The molecule has 0 atom stereocenters. The second-order valence-electron chi connectivity index (χ2n) is 4.61. The molecule has 0 unspecified atom stereocenters. The molecule has 2 heterocycles. The first kappa shape index (κ1) is 13.4. The van der Waals surface area contributed by atoms with E-state index in [1.165, 1.54) is 11.3 Å². The number of nitrogen functional groups attached to an aromatic ring is 1. The first-order valence-corrected chi connectivity index (χ1v) is 8.09. The van der Waals surface area contributed by atoms with Crippen molar-refractivity contribution in [2.75, 3.05) is 5.73 Å². The molecule has 0 radical (unpaired) electrons. The number of fused-ring (bicyclic) bond motifs is 1. The minimum absolute atomic E-state index is 0.540. The van der Waals surface area contributed by atoms with Gasteiger partial charge in [-0.1, -0.05) is 30.3 Å². The molecule has 2 aromatic heterocycles. The molecule has 0 aliphatic rings. The Morgan fingerprint density at radius 2 is 2.20 bits per heavy atom. The van der Waals surface area contributed by atoms with E-state index in [2.05, 4.69) is 29.0 Å². The normalized spacial score (nSPS) is 11.6. The van der Waals surface area contributed by atoms with E-state index in [1.54, 1.807) is 11.8 Å². The van der Waals surface area contributed by atoms with Gasteiger partial charge in [-0.05, 0) is 23.4 Å². The van der Waals surface area contributed by atoms with E-state index < -0.39 is 0 Å². The molecule has 20 heavy (non-hydrogen) atoms. The average molecular weight is 306 g/mol. The van der Waals surface area contributed by atoms with Gasteiger partial charge in [0.1, 0.15) is 0 Å². The third-order valence-electron chi connectivity index (χ3n) is 2.67. The zero-order chi connectivity index (χ0) is 14.1. The molecule has 0 saturated heterocycles. The molecule has 104 valence electrons. The van der Waals surface area contributed by atoms with Crippen LogP contribution in [0.4, 0.5) is 5.13 Å². The Bertz CT molecular complexity index is 735. The molecule has 0 aliphatic heterocycles. The monoisotopic (exact) mass is 306 g/mol.